The molecule has 3 aliphatic carbocycles. The number of carbonyl (C=O) groups is 3. The van der Waals surface area contributed by atoms with Gasteiger partial charge in [0.25, 0.3) is 0 Å². The van der Waals surface area contributed by atoms with Gasteiger partial charge in [0.2, 0.25) is 5.91 Å². The van der Waals surface area contributed by atoms with Crippen LogP contribution >= 0.6 is 11.8 Å². The van der Waals surface area contributed by atoms with Crippen molar-refractivity contribution < 1.29 is 38.4 Å². The zero-order valence-electron chi connectivity index (χ0n) is 35.2. The van der Waals surface area contributed by atoms with E-state index in [9.17, 15) is 14.7 Å². The Morgan fingerprint density at radius 1 is 0.983 bits per heavy atom. The molecular formula is C48H54N2O8S. The number of allylic oxidation sites excluding steroid dienone is 4. The number of esters is 1. The van der Waals surface area contributed by atoms with Crippen LogP contribution in [0.15, 0.2) is 75.2 Å². The number of hydrogen-bond acceptors (Lipinski definition) is 10. The number of aliphatic imine (C=N–C) groups is 1. The van der Waals surface area contributed by atoms with Crippen molar-refractivity contribution in [3.63, 3.8) is 0 Å². The van der Waals surface area contributed by atoms with Crippen molar-refractivity contribution in [3.8, 4) is 17.2 Å². The minimum absolute atomic E-state index is 0.0278. The van der Waals surface area contributed by atoms with Gasteiger partial charge in [-0.1, -0.05) is 41.5 Å². The summed E-state index contributed by atoms with van der Waals surface area (Å²) >= 11 is 1.68. The number of aliphatic hydroxyl groups excluding tert-OH is 1. The lowest BCUT2D eigenvalue weighted by atomic mass is 9.46. The number of aliphatic hydroxyl groups is 1. The van der Waals surface area contributed by atoms with E-state index < -0.39 is 34.2 Å². The lowest BCUT2D eigenvalue weighted by Gasteiger charge is -2.63. The van der Waals surface area contributed by atoms with Crippen molar-refractivity contribution in [2.24, 2.45) is 22.7 Å². The van der Waals surface area contributed by atoms with Crippen LogP contribution < -0.4 is 19.5 Å². The highest BCUT2D eigenvalue weighted by Gasteiger charge is 2.85. The molecule has 59 heavy (non-hydrogen) atoms. The molecule has 7 atom stereocenters. The van der Waals surface area contributed by atoms with Crippen LogP contribution in [0, 0.1) is 17.8 Å². The van der Waals surface area contributed by atoms with Gasteiger partial charge >= 0.3 is 5.97 Å². The summed E-state index contributed by atoms with van der Waals surface area (Å²) in [5, 5.41) is 11.9. The smallest absolute Gasteiger partial charge is 0.315 e. The summed E-state index contributed by atoms with van der Waals surface area (Å²) in [6.07, 6.45) is 11.0. The molecule has 7 unspecified atom stereocenters. The van der Waals surface area contributed by atoms with Crippen molar-refractivity contribution in [3.05, 3.63) is 82.0 Å². The Hall–Kier alpha value is -4.45. The van der Waals surface area contributed by atoms with E-state index in [1.807, 2.05) is 18.2 Å². The molecule has 2 aromatic rings. The number of carbonyl (C=O) groups excluding carboxylic acids is 3. The maximum Gasteiger partial charge on any atom is 0.315 e. The monoisotopic (exact) mass is 818 g/mol. The number of ether oxygens (including phenoxy) is 4. The molecule has 1 amide bonds. The quantitative estimate of drug-likeness (QED) is 0.105. The zero-order chi connectivity index (χ0) is 41.8. The third kappa shape index (κ3) is 5.96. The van der Waals surface area contributed by atoms with E-state index in [1.165, 1.54) is 5.57 Å². The highest BCUT2D eigenvalue weighted by molar-refractivity contribution is 8.00. The van der Waals surface area contributed by atoms with Gasteiger partial charge in [-0.2, -0.15) is 0 Å². The van der Waals surface area contributed by atoms with Crippen LogP contribution in [0.2, 0.25) is 0 Å². The van der Waals surface area contributed by atoms with E-state index in [-0.39, 0.29) is 54.8 Å². The van der Waals surface area contributed by atoms with Gasteiger partial charge in [-0.15, -0.1) is 11.8 Å². The largest absolute Gasteiger partial charge is 0.482 e. The van der Waals surface area contributed by atoms with Gasteiger partial charge in [0, 0.05) is 46.1 Å². The van der Waals surface area contributed by atoms with Crippen LogP contribution in [0.25, 0.3) is 5.57 Å². The normalized spacial score (nSPS) is 31.1. The maximum absolute atomic E-state index is 15.5. The number of benzene rings is 2. The second-order valence-corrected chi connectivity index (χ2v) is 19.8. The van der Waals surface area contributed by atoms with E-state index in [2.05, 4.69) is 78.1 Å². The summed E-state index contributed by atoms with van der Waals surface area (Å²) in [4.78, 5) is 49.1. The molecule has 0 radical (unpaired) electrons. The number of hydrogen-bond donors (Lipinski definition) is 2. The van der Waals surface area contributed by atoms with Crippen LogP contribution in [0.1, 0.15) is 104 Å². The van der Waals surface area contributed by atoms with Gasteiger partial charge in [0.15, 0.2) is 22.7 Å². The molecule has 2 aromatic carbocycles. The molecule has 310 valence electrons. The Labute approximate surface area is 350 Å². The zero-order valence-corrected chi connectivity index (χ0v) is 36.1. The SMILES string of the molecule is CC(C)=CCCC1(C)C=C2CC(=O)Oc3c2c(c(CC=C(C)C)c2c3C3=Nc4ccccc4SC4C5CC6C(C)(C)OC(CC=C(C)C(=O)NCCO)(C5=O)C6(O2)C34)O1. The second-order valence-electron chi connectivity index (χ2n) is 18.5. The summed E-state index contributed by atoms with van der Waals surface area (Å²) in [7, 11) is 0. The van der Waals surface area contributed by atoms with E-state index in [4.69, 9.17) is 23.9 Å². The second kappa shape index (κ2) is 14.1. The lowest BCUT2D eigenvalue weighted by Crippen LogP contribution is -2.79. The average molecular weight is 819 g/mol. The Kier molecular flexibility index (Phi) is 9.53. The molecule has 2 N–H and O–H groups in total. The summed E-state index contributed by atoms with van der Waals surface area (Å²) in [5.74, 6) is -0.280. The van der Waals surface area contributed by atoms with E-state index >= 15 is 4.79 Å². The highest BCUT2D eigenvalue weighted by atomic mass is 32.2. The molecule has 3 saturated carbocycles. The molecule has 4 bridgehead atoms. The molecule has 8 aliphatic rings. The number of Topliss-reactive ketones (excluding diaryl/α,β-unsaturated/α-hetero) is 1. The summed E-state index contributed by atoms with van der Waals surface area (Å²) in [5.41, 5.74) is 3.10. The van der Waals surface area contributed by atoms with Crippen LogP contribution in [0.4, 0.5) is 5.69 Å². The third-order valence-corrected chi connectivity index (χ3v) is 15.0. The Morgan fingerprint density at radius 2 is 1.73 bits per heavy atom. The first-order valence-corrected chi connectivity index (χ1v) is 21.9. The maximum atomic E-state index is 15.5. The lowest BCUT2D eigenvalue weighted by molar-refractivity contribution is -0.196. The van der Waals surface area contributed by atoms with Crippen LogP contribution in [-0.4, -0.2) is 69.3 Å². The Bertz CT molecular complexity index is 2360. The standard InChI is InChI=1S/C48H54N2O8S/c1-25(2)12-11-18-46(8)24-28-22-34(52)55-41-35(28)39(56-46)29(16-15-26(3)4)40-36(41)38-37-42(59-32-14-10-9-13-31(32)50-38)30-23-33-45(6,7)58-47(43(30)53,48(33,37)57-40)19-17-27(5)44(54)49-20-21-51/h9-10,12-15,17,24,30,33,37,42,51H,11,16,18-23H2,1-8H3,(H,49,54). The molecule has 10 nitrogen and oxygen atoms in total. The Morgan fingerprint density at radius 3 is 2.47 bits per heavy atom. The number of nitrogens with one attached hydrogen (secondary N) is 1. The number of ketones is 1. The number of nitrogens with zero attached hydrogens (tertiary/aromatic N) is 1. The predicted octanol–water partition coefficient (Wildman–Crippen LogP) is 8.34. The fourth-order valence-electron chi connectivity index (χ4n) is 11.1. The van der Waals surface area contributed by atoms with Crippen LogP contribution in [0.3, 0.4) is 0 Å². The van der Waals surface area contributed by atoms with Crippen LogP contribution in [-0.2, 0) is 25.5 Å². The third-order valence-electron chi connectivity index (χ3n) is 13.5. The number of thioether (sulfide) groups is 1. The number of amides is 1. The van der Waals surface area contributed by atoms with E-state index in [0.29, 0.717) is 47.6 Å². The van der Waals surface area contributed by atoms with Gasteiger partial charge < -0.3 is 29.4 Å². The van der Waals surface area contributed by atoms with Gasteiger partial charge in [-0.3, -0.25) is 19.4 Å². The van der Waals surface area contributed by atoms with Crippen molar-refractivity contribution in [1.29, 1.82) is 0 Å². The molecule has 5 heterocycles. The fraction of sp³-hybridized carbons (Fsp3) is 0.500. The predicted molar refractivity (Wildman–Crippen MR) is 228 cm³/mol. The number of para-hydroxylation sites is 1. The van der Waals surface area contributed by atoms with Crippen molar-refractivity contribution in [2.45, 2.75) is 126 Å². The molecule has 1 saturated heterocycles. The first-order chi connectivity index (χ1) is 28.0. The minimum atomic E-state index is -1.48. The van der Waals surface area contributed by atoms with E-state index in [1.54, 1.807) is 24.8 Å². The summed E-state index contributed by atoms with van der Waals surface area (Å²) in [6.45, 7) is 16.1. The minimum Gasteiger partial charge on any atom is -0.482 e. The molecule has 11 heteroatoms. The Balaban J connectivity index is 1.35. The van der Waals surface area contributed by atoms with Gasteiger partial charge in [-0.25, -0.2) is 0 Å². The van der Waals surface area contributed by atoms with Gasteiger partial charge in [-0.05, 0) is 105 Å². The molecular weight excluding hydrogens is 765 g/mol. The summed E-state index contributed by atoms with van der Waals surface area (Å²) < 4.78 is 28.7. The average Bonchev–Trinajstić information content (AvgIpc) is 3.25. The molecule has 1 spiro atoms. The van der Waals surface area contributed by atoms with E-state index in [0.717, 1.165) is 45.0 Å². The number of rotatable bonds is 10. The van der Waals surface area contributed by atoms with Crippen molar-refractivity contribution in [1.82, 2.24) is 5.32 Å². The number of fused-ring (bicyclic) bond motifs is 4. The first kappa shape index (κ1) is 40.0. The molecule has 0 aromatic heterocycles. The first-order valence-electron chi connectivity index (χ1n) is 21.0. The van der Waals surface area contributed by atoms with Crippen molar-refractivity contribution >= 4 is 46.4 Å². The molecule has 10 rings (SSSR count). The van der Waals surface area contributed by atoms with Crippen molar-refractivity contribution in [2.75, 3.05) is 13.2 Å². The molecule has 4 fully saturated rings. The highest BCUT2D eigenvalue weighted by Crippen LogP contribution is 2.73. The summed E-state index contributed by atoms with van der Waals surface area (Å²) in [6, 6.07) is 8.04. The topological polar surface area (TPSA) is 133 Å². The van der Waals surface area contributed by atoms with Gasteiger partial charge in [0.1, 0.15) is 17.1 Å². The van der Waals surface area contributed by atoms with Gasteiger partial charge in [0.05, 0.1) is 47.1 Å². The molecule has 5 aliphatic heterocycles. The fourth-order valence-corrected chi connectivity index (χ4v) is 12.6. The van der Waals surface area contributed by atoms with Crippen LogP contribution in [0.5, 0.6) is 17.2 Å².